The molecule has 0 radical (unpaired) electrons. The molecule has 1 heterocycles. The van der Waals surface area contributed by atoms with Gasteiger partial charge in [-0.1, -0.05) is 28.1 Å². The number of hydrogen-bond acceptors (Lipinski definition) is 2. The molecule has 0 bridgehead atoms. The Morgan fingerprint density at radius 3 is 2.61 bits per heavy atom. The fourth-order valence-electron chi connectivity index (χ4n) is 1.67. The van der Waals surface area contributed by atoms with E-state index in [1.807, 2.05) is 43.6 Å². The minimum atomic E-state index is -0.000360. The molecule has 1 aromatic carbocycles. The van der Waals surface area contributed by atoms with Gasteiger partial charge in [-0.2, -0.15) is 0 Å². The first-order chi connectivity index (χ1) is 8.66. The predicted octanol–water partition coefficient (Wildman–Crippen LogP) is 3.19. The Morgan fingerprint density at radius 1 is 1.28 bits per heavy atom. The quantitative estimate of drug-likeness (QED) is 0.794. The van der Waals surface area contributed by atoms with E-state index in [9.17, 15) is 4.79 Å². The Bertz CT molecular complexity index is 531. The number of rotatable bonds is 5. The number of aromatic nitrogens is 1. The summed E-state index contributed by atoms with van der Waals surface area (Å²) in [6.07, 6.45) is 1.85. The van der Waals surface area contributed by atoms with Crippen molar-refractivity contribution in [2.24, 2.45) is 7.05 Å². The number of aryl methyl sites for hydroxylation is 1. The Labute approximate surface area is 115 Å². The molecule has 94 valence electrons. The van der Waals surface area contributed by atoms with Gasteiger partial charge in [-0.25, -0.2) is 0 Å². The van der Waals surface area contributed by atoms with E-state index < -0.39 is 0 Å². The highest BCUT2D eigenvalue weighted by molar-refractivity contribution is 9.10. The second-order valence-corrected chi connectivity index (χ2v) is 4.96. The molecule has 0 atom stereocenters. The van der Waals surface area contributed by atoms with Crippen molar-refractivity contribution in [2.45, 2.75) is 6.61 Å². The molecular formula is C14H14BrNO2. The number of carbonyl (C=O) groups is 1. The molecule has 0 aliphatic heterocycles. The monoisotopic (exact) mass is 307 g/mol. The van der Waals surface area contributed by atoms with Crippen LogP contribution in [-0.4, -0.2) is 17.0 Å². The average Bonchev–Trinajstić information content (AvgIpc) is 2.78. The fourth-order valence-corrected chi connectivity index (χ4v) is 1.93. The number of benzene rings is 1. The van der Waals surface area contributed by atoms with Crippen LogP contribution in [0.25, 0.3) is 0 Å². The first-order valence-electron chi connectivity index (χ1n) is 5.63. The van der Waals surface area contributed by atoms with Gasteiger partial charge in [0.05, 0.1) is 12.3 Å². The standard InChI is InChI=1S/C14H14BrNO2/c1-16-8-2-3-13(16)14(17)10-18-9-11-4-6-12(15)7-5-11/h2-8H,9-10H2,1H3. The van der Waals surface area contributed by atoms with Crippen molar-refractivity contribution in [3.05, 3.63) is 58.3 Å². The minimum absolute atomic E-state index is 0.000360. The lowest BCUT2D eigenvalue weighted by molar-refractivity contribution is 0.0718. The fraction of sp³-hybridized carbons (Fsp3) is 0.214. The first kappa shape index (κ1) is 13.1. The molecule has 1 aromatic heterocycles. The van der Waals surface area contributed by atoms with E-state index in [-0.39, 0.29) is 12.4 Å². The van der Waals surface area contributed by atoms with Crippen LogP contribution in [0.1, 0.15) is 16.1 Å². The molecule has 0 aliphatic carbocycles. The smallest absolute Gasteiger partial charge is 0.204 e. The van der Waals surface area contributed by atoms with E-state index in [2.05, 4.69) is 15.9 Å². The van der Waals surface area contributed by atoms with Crippen LogP contribution < -0.4 is 0 Å². The molecule has 0 N–H and O–H groups in total. The number of Topliss-reactive ketones (excluding diaryl/α,β-unsaturated/α-hetero) is 1. The third-order valence-corrected chi connectivity index (χ3v) is 3.17. The van der Waals surface area contributed by atoms with E-state index in [4.69, 9.17) is 4.74 Å². The third-order valence-electron chi connectivity index (χ3n) is 2.64. The molecule has 2 rings (SSSR count). The van der Waals surface area contributed by atoms with Gasteiger partial charge in [0.1, 0.15) is 6.61 Å². The zero-order valence-electron chi connectivity index (χ0n) is 10.1. The van der Waals surface area contributed by atoms with Crippen molar-refractivity contribution in [3.63, 3.8) is 0 Å². The number of carbonyl (C=O) groups excluding carboxylic acids is 1. The van der Waals surface area contributed by atoms with E-state index >= 15 is 0 Å². The van der Waals surface area contributed by atoms with Crippen molar-refractivity contribution in [1.29, 1.82) is 0 Å². The van der Waals surface area contributed by atoms with Gasteiger partial charge >= 0.3 is 0 Å². The van der Waals surface area contributed by atoms with Crippen molar-refractivity contribution in [2.75, 3.05) is 6.61 Å². The number of ketones is 1. The summed E-state index contributed by atoms with van der Waals surface area (Å²) in [6.45, 7) is 0.553. The SMILES string of the molecule is Cn1cccc1C(=O)COCc1ccc(Br)cc1. The second kappa shape index (κ2) is 5.98. The molecule has 0 unspecified atom stereocenters. The number of nitrogens with zero attached hydrogens (tertiary/aromatic N) is 1. The number of hydrogen-bond donors (Lipinski definition) is 0. The van der Waals surface area contributed by atoms with Crippen LogP contribution in [0, 0.1) is 0 Å². The normalized spacial score (nSPS) is 10.6. The van der Waals surface area contributed by atoms with Crippen LogP contribution in [-0.2, 0) is 18.4 Å². The lowest BCUT2D eigenvalue weighted by Crippen LogP contribution is -2.12. The summed E-state index contributed by atoms with van der Waals surface area (Å²) in [5, 5.41) is 0. The maximum absolute atomic E-state index is 11.8. The van der Waals surface area contributed by atoms with Crippen molar-refractivity contribution >= 4 is 21.7 Å². The summed E-state index contributed by atoms with van der Waals surface area (Å²) in [6, 6.07) is 11.5. The third kappa shape index (κ3) is 3.31. The van der Waals surface area contributed by atoms with Crippen molar-refractivity contribution < 1.29 is 9.53 Å². The van der Waals surface area contributed by atoms with E-state index in [1.54, 1.807) is 10.6 Å². The maximum atomic E-state index is 11.8. The van der Waals surface area contributed by atoms with Crippen LogP contribution in [0.5, 0.6) is 0 Å². The Hall–Kier alpha value is -1.39. The van der Waals surface area contributed by atoms with Gasteiger partial charge in [0.2, 0.25) is 5.78 Å². The van der Waals surface area contributed by atoms with Gasteiger partial charge in [-0.05, 0) is 29.8 Å². The summed E-state index contributed by atoms with van der Waals surface area (Å²) in [5.74, 6) is -0.000360. The number of ether oxygens (including phenoxy) is 1. The van der Waals surface area contributed by atoms with Gasteiger partial charge < -0.3 is 9.30 Å². The Kier molecular flexibility index (Phi) is 4.33. The molecule has 3 nitrogen and oxygen atoms in total. The van der Waals surface area contributed by atoms with Gasteiger partial charge in [-0.15, -0.1) is 0 Å². The van der Waals surface area contributed by atoms with Crippen LogP contribution in [0.4, 0.5) is 0 Å². The van der Waals surface area contributed by atoms with Crippen LogP contribution in [0.3, 0.4) is 0 Å². The molecule has 18 heavy (non-hydrogen) atoms. The van der Waals surface area contributed by atoms with Crippen molar-refractivity contribution in [1.82, 2.24) is 4.57 Å². The van der Waals surface area contributed by atoms with E-state index in [0.29, 0.717) is 12.3 Å². The lowest BCUT2D eigenvalue weighted by Gasteiger charge is -2.05. The Balaban J connectivity index is 1.84. The average molecular weight is 308 g/mol. The summed E-state index contributed by atoms with van der Waals surface area (Å²) in [5.41, 5.74) is 1.73. The summed E-state index contributed by atoms with van der Waals surface area (Å²) in [4.78, 5) is 11.8. The highest BCUT2D eigenvalue weighted by atomic mass is 79.9. The van der Waals surface area contributed by atoms with E-state index in [0.717, 1.165) is 10.0 Å². The summed E-state index contributed by atoms with van der Waals surface area (Å²) >= 11 is 3.37. The number of halogens is 1. The molecule has 2 aromatic rings. The van der Waals surface area contributed by atoms with Gasteiger partial charge in [0, 0.05) is 17.7 Å². The maximum Gasteiger partial charge on any atom is 0.204 e. The molecule has 0 aliphatic rings. The highest BCUT2D eigenvalue weighted by Crippen LogP contribution is 2.11. The van der Waals surface area contributed by atoms with Gasteiger partial charge in [0.25, 0.3) is 0 Å². The van der Waals surface area contributed by atoms with Gasteiger partial charge in [-0.3, -0.25) is 4.79 Å². The van der Waals surface area contributed by atoms with Crippen LogP contribution in [0.15, 0.2) is 47.1 Å². The highest BCUT2D eigenvalue weighted by Gasteiger charge is 2.08. The first-order valence-corrected chi connectivity index (χ1v) is 6.43. The lowest BCUT2D eigenvalue weighted by atomic mass is 10.2. The van der Waals surface area contributed by atoms with Gasteiger partial charge in [0.15, 0.2) is 0 Å². The molecule has 0 amide bonds. The molecule has 0 fully saturated rings. The minimum Gasteiger partial charge on any atom is -0.369 e. The molecular weight excluding hydrogens is 294 g/mol. The van der Waals surface area contributed by atoms with Crippen molar-refractivity contribution in [3.8, 4) is 0 Å². The Morgan fingerprint density at radius 2 is 2.00 bits per heavy atom. The zero-order chi connectivity index (χ0) is 13.0. The topological polar surface area (TPSA) is 31.2 Å². The summed E-state index contributed by atoms with van der Waals surface area (Å²) < 4.78 is 8.25. The zero-order valence-corrected chi connectivity index (χ0v) is 11.7. The molecule has 0 saturated carbocycles. The molecule has 4 heteroatoms. The van der Waals surface area contributed by atoms with Crippen LogP contribution in [0.2, 0.25) is 0 Å². The summed E-state index contributed by atoms with van der Waals surface area (Å²) in [7, 11) is 1.85. The molecule has 0 saturated heterocycles. The largest absolute Gasteiger partial charge is 0.369 e. The predicted molar refractivity (Wildman–Crippen MR) is 73.5 cm³/mol. The van der Waals surface area contributed by atoms with E-state index in [1.165, 1.54) is 0 Å². The van der Waals surface area contributed by atoms with Crippen LogP contribution >= 0.6 is 15.9 Å². The second-order valence-electron chi connectivity index (χ2n) is 4.05. The molecule has 0 spiro atoms.